The van der Waals surface area contributed by atoms with Crippen molar-refractivity contribution in [2.75, 3.05) is 9.80 Å². The van der Waals surface area contributed by atoms with E-state index in [2.05, 4.69) is 196 Å². The minimum Gasteiger partial charge on any atom is -0.306 e. The second-order valence-corrected chi connectivity index (χ2v) is 15.1. The Bertz CT molecular complexity index is 2360. The third-order valence-electron chi connectivity index (χ3n) is 10.7. The minimum absolute atomic E-state index is 0.103. The summed E-state index contributed by atoms with van der Waals surface area (Å²) in [6.07, 6.45) is 0. The average molecular weight is 633 g/mol. The van der Waals surface area contributed by atoms with Gasteiger partial charge >= 0.3 is 0 Å². The molecule has 7 aromatic carbocycles. The number of fused-ring (bicyclic) bond motifs is 6. The molecule has 0 aromatic heterocycles. The van der Waals surface area contributed by atoms with Gasteiger partial charge in [-0.3, -0.25) is 0 Å². The highest BCUT2D eigenvalue weighted by atomic mass is 15.3. The van der Waals surface area contributed by atoms with E-state index in [0.717, 1.165) is 0 Å². The van der Waals surface area contributed by atoms with Crippen LogP contribution in [0.15, 0.2) is 152 Å². The Kier molecular flexibility index (Phi) is 6.45. The molecule has 9 rings (SSSR count). The van der Waals surface area contributed by atoms with Gasteiger partial charge in [0.05, 0.1) is 22.7 Å². The lowest BCUT2D eigenvalue weighted by atomic mass is 9.81. The van der Waals surface area contributed by atoms with Crippen LogP contribution in [0.1, 0.15) is 51.3 Å². The normalized spacial score (nSPS) is 14.3. The van der Waals surface area contributed by atoms with E-state index in [4.69, 9.17) is 0 Å². The van der Waals surface area contributed by atoms with Crippen molar-refractivity contribution < 1.29 is 0 Å². The zero-order valence-electron chi connectivity index (χ0n) is 28.8. The summed E-state index contributed by atoms with van der Waals surface area (Å²) >= 11 is 0. The van der Waals surface area contributed by atoms with E-state index < -0.39 is 0 Å². The molecule has 0 fully saturated rings. The molecule has 2 nitrogen and oxygen atoms in total. The lowest BCUT2D eigenvalue weighted by Crippen LogP contribution is -2.24. The van der Waals surface area contributed by atoms with E-state index in [1.165, 1.54) is 83.8 Å². The fraction of sp³-hybridized carbons (Fsp3) is 0.149. The van der Waals surface area contributed by atoms with Gasteiger partial charge in [0.25, 0.3) is 0 Å². The third kappa shape index (κ3) is 4.54. The molecule has 1 aliphatic carbocycles. The Morgan fingerprint density at radius 2 is 0.959 bits per heavy atom. The molecule has 0 bridgehead atoms. The van der Waals surface area contributed by atoms with Crippen molar-refractivity contribution in [1.29, 1.82) is 0 Å². The van der Waals surface area contributed by atoms with Gasteiger partial charge in [-0.2, -0.15) is 0 Å². The molecule has 0 spiro atoms. The van der Waals surface area contributed by atoms with Crippen molar-refractivity contribution in [2.45, 2.75) is 45.4 Å². The lowest BCUT2D eigenvalue weighted by Gasteiger charge is -2.40. The van der Waals surface area contributed by atoms with E-state index in [0.29, 0.717) is 0 Å². The Hall–Kier alpha value is -5.60. The van der Waals surface area contributed by atoms with Crippen LogP contribution in [0.3, 0.4) is 0 Å². The molecule has 1 heterocycles. The van der Waals surface area contributed by atoms with Crippen LogP contribution >= 0.6 is 0 Å². The first-order valence-electron chi connectivity index (χ1n) is 17.4. The molecule has 0 saturated carbocycles. The number of nitrogens with zero attached hydrogens (tertiary/aromatic N) is 2. The first-order chi connectivity index (χ1) is 23.7. The van der Waals surface area contributed by atoms with Crippen molar-refractivity contribution in [2.24, 2.45) is 0 Å². The molecule has 49 heavy (non-hydrogen) atoms. The van der Waals surface area contributed by atoms with Crippen molar-refractivity contribution in [3.8, 4) is 22.3 Å². The van der Waals surface area contributed by atoms with Crippen LogP contribution in [0.4, 0.5) is 34.1 Å². The number of benzene rings is 7. The van der Waals surface area contributed by atoms with Gasteiger partial charge in [-0.05, 0) is 110 Å². The molecular formula is C47H40N2. The summed E-state index contributed by atoms with van der Waals surface area (Å²) < 4.78 is 0. The Balaban J connectivity index is 1.15. The van der Waals surface area contributed by atoms with Crippen LogP contribution in [-0.4, -0.2) is 0 Å². The number of anilines is 6. The molecule has 0 unspecified atom stereocenters. The number of rotatable bonds is 3. The molecule has 2 heteroatoms. The summed E-state index contributed by atoms with van der Waals surface area (Å²) in [5.41, 5.74) is 16.3. The van der Waals surface area contributed by atoms with E-state index in [1.54, 1.807) is 0 Å². The summed E-state index contributed by atoms with van der Waals surface area (Å²) in [5.74, 6) is 0. The largest absolute Gasteiger partial charge is 0.306 e. The number of hydrogen-bond acceptors (Lipinski definition) is 2. The molecular weight excluding hydrogens is 593 g/mol. The monoisotopic (exact) mass is 632 g/mol. The molecule has 0 atom stereocenters. The number of para-hydroxylation sites is 4. The van der Waals surface area contributed by atoms with Gasteiger partial charge in [0.1, 0.15) is 0 Å². The molecule has 0 saturated heterocycles. The van der Waals surface area contributed by atoms with Crippen molar-refractivity contribution in [3.63, 3.8) is 0 Å². The Morgan fingerprint density at radius 1 is 0.449 bits per heavy atom. The summed E-state index contributed by atoms with van der Waals surface area (Å²) in [6.45, 7) is 11.6. The smallest absolute Gasteiger partial charge is 0.0703 e. The minimum atomic E-state index is -0.156. The van der Waals surface area contributed by atoms with E-state index >= 15 is 0 Å². The fourth-order valence-electron chi connectivity index (χ4n) is 8.12. The summed E-state index contributed by atoms with van der Waals surface area (Å²) in [6, 6.07) is 56.2. The summed E-state index contributed by atoms with van der Waals surface area (Å²) in [4.78, 5) is 4.86. The highest BCUT2D eigenvalue weighted by molar-refractivity contribution is 6.02. The van der Waals surface area contributed by atoms with E-state index in [1.807, 2.05) is 0 Å². The third-order valence-corrected chi connectivity index (χ3v) is 10.7. The molecule has 0 N–H and O–H groups in total. The molecule has 7 aromatic rings. The topological polar surface area (TPSA) is 6.48 Å². The van der Waals surface area contributed by atoms with Crippen molar-refractivity contribution >= 4 is 44.9 Å². The fourth-order valence-corrected chi connectivity index (χ4v) is 8.12. The van der Waals surface area contributed by atoms with Crippen LogP contribution in [0.5, 0.6) is 0 Å². The van der Waals surface area contributed by atoms with Gasteiger partial charge in [0, 0.05) is 16.8 Å². The SMILES string of the molecule is CC(C)(C)c1ccc(N2c3ccccc3N(c3ccc4c(c3)C(C)(C)c3cc(-c5cccc6ccccc56)ccc3-4)c3ccccc32)cc1. The quantitative estimate of drug-likeness (QED) is 0.191. The zero-order valence-corrected chi connectivity index (χ0v) is 28.8. The zero-order chi connectivity index (χ0) is 33.5. The van der Waals surface area contributed by atoms with Gasteiger partial charge < -0.3 is 9.80 Å². The second-order valence-electron chi connectivity index (χ2n) is 15.1. The van der Waals surface area contributed by atoms with Gasteiger partial charge in [-0.1, -0.05) is 132 Å². The Morgan fingerprint density at radius 3 is 1.59 bits per heavy atom. The van der Waals surface area contributed by atoms with Crippen LogP contribution in [0, 0.1) is 0 Å². The maximum absolute atomic E-state index is 2.45. The predicted octanol–water partition coefficient (Wildman–Crippen LogP) is 13.4. The summed E-state index contributed by atoms with van der Waals surface area (Å²) in [5, 5.41) is 2.57. The van der Waals surface area contributed by atoms with Crippen LogP contribution < -0.4 is 9.80 Å². The first-order valence-corrected chi connectivity index (χ1v) is 17.4. The molecule has 0 amide bonds. The average Bonchev–Trinajstić information content (AvgIpc) is 3.35. The second kappa shape index (κ2) is 10.7. The molecule has 238 valence electrons. The van der Waals surface area contributed by atoms with Crippen LogP contribution in [0.25, 0.3) is 33.0 Å². The van der Waals surface area contributed by atoms with Crippen molar-refractivity contribution in [1.82, 2.24) is 0 Å². The lowest BCUT2D eigenvalue weighted by molar-refractivity contribution is 0.590. The van der Waals surface area contributed by atoms with Gasteiger partial charge in [0.2, 0.25) is 0 Å². The Labute approximate surface area is 289 Å². The van der Waals surface area contributed by atoms with Crippen molar-refractivity contribution in [3.05, 3.63) is 168 Å². The highest BCUT2D eigenvalue weighted by Gasteiger charge is 2.37. The molecule has 1 aliphatic heterocycles. The highest BCUT2D eigenvalue weighted by Crippen LogP contribution is 2.56. The molecule has 2 aliphatic rings. The maximum atomic E-state index is 2.45. The standard InChI is InChI=1S/C47H40N2/c1-46(2,3)33-22-24-34(25-23-33)48-42-17-8-10-19-44(42)49(45-20-11-9-18-43(45)48)35-26-28-39-38-27-21-32(29-40(38)47(4,5)41(39)30-35)37-16-12-14-31-13-6-7-15-36(31)37/h6-30H,1-5H3. The predicted molar refractivity (Wildman–Crippen MR) is 209 cm³/mol. The van der Waals surface area contributed by atoms with Crippen LogP contribution in [0.2, 0.25) is 0 Å². The van der Waals surface area contributed by atoms with E-state index in [-0.39, 0.29) is 10.8 Å². The number of hydrogen-bond donors (Lipinski definition) is 0. The van der Waals surface area contributed by atoms with Gasteiger partial charge in [-0.25, -0.2) is 0 Å². The van der Waals surface area contributed by atoms with Gasteiger partial charge in [-0.15, -0.1) is 0 Å². The van der Waals surface area contributed by atoms with Gasteiger partial charge in [0.15, 0.2) is 0 Å². The maximum Gasteiger partial charge on any atom is 0.0703 e. The molecule has 0 radical (unpaired) electrons. The van der Waals surface area contributed by atoms with E-state index in [9.17, 15) is 0 Å². The first kappa shape index (κ1) is 29.5. The summed E-state index contributed by atoms with van der Waals surface area (Å²) in [7, 11) is 0. The van der Waals surface area contributed by atoms with Crippen LogP contribution in [-0.2, 0) is 10.8 Å².